The van der Waals surface area contributed by atoms with Gasteiger partial charge in [0.2, 0.25) is 5.91 Å². The van der Waals surface area contributed by atoms with E-state index in [0.29, 0.717) is 31.0 Å². The lowest BCUT2D eigenvalue weighted by atomic mass is 10.1. The summed E-state index contributed by atoms with van der Waals surface area (Å²) in [6.45, 7) is 1.28. The predicted octanol–water partition coefficient (Wildman–Crippen LogP) is 4.63. The van der Waals surface area contributed by atoms with Crippen molar-refractivity contribution in [3.63, 3.8) is 0 Å². The maximum Gasteiger partial charge on any atom is 0.255 e. The number of amides is 2. The summed E-state index contributed by atoms with van der Waals surface area (Å²) in [6.07, 6.45) is 2.73. The molecule has 0 unspecified atom stereocenters. The van der Waals surface area contributed by atoms with Gasteiger partial charge in [0.1, 0.15) is 17.3 Å². The first-order valence-corrected chi connectivity index (χ1v) is 10.1. The van der Waals surface area contributed by atoms with Crippen molar-refractivity contribution >= 4 is 17.5 Å². The Hall–Kier alpha value is -3.41. The number of hydrogen-bond acceptors (Lipinski definition) is 3. The van der Waals surface area contributed by atoms with Gasteiger partial charge in [0, 0.05) is 47.8 Å². The molecule has 5 nitrogen and oxygen atoms in total. The Morgan fingerprint density at radius 1 is 1.07 bits per heavy atom. The number of benzene rings is 2. The summed E-state index contributed by atoms with van der Waals surface area (Å²) in [4.78, 5) is 26.7. The first kappa shape index (κ1) is 18.6. The molecule has 1 N–H and O–H groups in total. The molecular weight excluding hydrogens is 383 g/mol. The van der Waals surface area contributed by atoms with E-state index in [2.05, 4.69) is 5.32 Å². The van der Waals surface area contributed by atoms with Gasteiger partial charge in [-0.05, 0) is 49.2 Å². The van der Waals surface area contributed by atoms with Crippen molar-refractivity contribution in [2.75, 3.05) is 11.9 Å². The SMILES string of the molecule is O=C(Nc1cccc(-c2cc3c(o2)CCN(C(=O)C2CC2)C3)c1)c1cccc(F)c1. The molecule has 1 aromatic heterocycles. The van der Waals surface area contributed by atoms with Crippen LogP contribution in [0.2, 0.25) is 0 Å². The van der Waals surface area contributed by atoms with Crippen LogP contribution in [-0.4, -0.2) is 23.3 Å². The third-order valence-corrected chi connectivity index (χ3v) is 5.60. The zero-order valence-electron chi connectivity index (χ0n) is 16.4. The second-order valence-corrected chi connectivity index (χ2v) is 7.89. The van der Waals surface area contributed by atoms with Gasteiger partial charge in [-0.25, -0.2) is 4.39 Å². The molecule has 1 saturated carbocycles. The molecule has 2 aromatic carbocycles. The first-order valence-electron chi connectivity index (χ1n) is 10.1. The average Bonchev–Trinajstić information content (AvgIpc) is 3.51. The third kappa shape index (κ3) is 3.73. The summed E-state index contributed by atoms with van der Waals surface area (Å²) in [6, 6.07) is 14.9. The van der Waals surface area contributed by atoms with Gasteiger partial charge in [0.25, 0.3) is 5.91 Å². The van der Waals surface area contributed by atoms with Crippen molar-refractivity contribution in [1.82, 2.24) is 4.90 Å². The van der Waals surface area contributed by atoms with Gasteiger partial charge >= 0.3 is 0 Å². The molecule has 0 atom stereocenters. The highest BCUT2D eigenvalue weighted by Gasteiger charge is 2.35. The van der Waals surface area contributed by atoms with Crippen LogP contribution >= 0.6 is 0 Å². The molecule has 5 rings (SSSR count). The van der Waals surface area contributed by atoms with Crippen LogP contribution < -0.4 is 5.32 Å². The number of fused-ring (bicyclic) bond motifs is 1. The normalized spacial score (nSPS) is 15.6. The molecule has 1 fully saturated rings. The van der Waals surface area contributed by atoms with E-state index < -0.39 is 5.82 Å². The Balaban J connectivity index is 1.33. The molecule has 0 bridgehead atoms. The Bertz CT molecular complexity index is 1130. The Kier molecular flexibility index (Phi) is 4.62. The van der Waals surface area contributed by atoms with Crippen molar-refractivity contribution in [1.29, 1.82) is 0 Å². The molecule has 152 valence electrons. The van der Waals surface area contributed by atoms with Crippen molar-refractivity contribution in [2.24, 2.45) is 5.92 Å². The Labute approximate surface area is 173 Å². The van der Waals surface area contributed by atoms with Crippen molar-refractivity contribution < 1.29 is 18.4 Å². The predicted molar refractivity (Wildman–Crippen MR) is 110 cm³/mol. The smallest absolute Gasteiger partial charge is 0.255 e. The molecule has 2 aliphatic rings. The number of hydrogen-bond donors (Lipinski definition) is 1. The minimum atomic E-state index is -0.452. The lowest BCUT2D eigenvalue weighted by Gasteiger charge is -2.26. The van der Waals surface area contributed by atoms with Crippen LogP contribution in [0.15, 0.2) is 59.0 Å². The van der Waals surface area contributed by atoms with Crippen LogP contribution in [-0.2, 0) is 17.8 Å². The summed E-state index contributed by atoms with van der Waals surface area (Å²) in [5.74, 6) is 1.27. The lowest BCUT2D eigenvalue weighted by Crippen LogP contribution is -2.36. The summed E-state index contributed by atoms with van der Waals surface area (Å²) < 4.78 is 19.4. The maximum atomic E-state index is 13.4. The zero-order chi connectivity index (χ0) is 20.7. The van der Waals surface area contributed by atoms with Crippen molar-refractivity contribution in [3.05, 3.63) is 77.3 Å². The number of nitrogens with one attached hydrogen (secondary N) is 1. The highest BCUT2D eigenvalue weighted by Crippen LogP contribution is 2.35. The quantitative estimate of drug-likeness (QED) is 0.690. The number of carbonyl (C=O) groups excluding carboxylic acids is 2. The molecular formula is C24H21FN2O3. The van der Waals surface area contributed by atoms with E-state index in [0.717, 1.165) is 29.7 Å². The molecule has 30 heavy (non-hydrogen) atoms. The van der Waals surface area contributed by atoms with E-state index in [1.807, 2.05) is 29.2 Å². The van der Waals surface area contributed by atoms with Gasteiger partial charge in [0.15, 0.2) is 0 Å². The van der Waals surface area contributed by atoms with Crippen LogP contribution in [0, 0.1) is 11.7 Å². The maximum absolute atomic E-state index is 13.4. The standard InChI is InChI=1S/C24H21FN2O3/c25-19-5-1-4-17(11-19)23(28)26-20-6-2-3-16(12-20)22-13-18-14-27(10-9-21(18)30-22)24(29)15-7-8-15/h1-6,11-13,15H,7-10,14H2,(H,26,28). The molecule has 6 heteroatoms. The molecule has 0 spiro atoms. The van der Waals surface area contributed by atoms with Crippen LogP contribution in [0.25, 0.3) is 11.3 Å². The summed E-state index contributed by atoms with van der Waals surface area (Å²) in [5.41, 5.74) is 2.73. The van der Waals surface area contributed by atoms with Crippen LogP contribution in [0.1, 0.15) is 34.5 Å². The summed E-state index contributed by atoms with van der Waals surface area (Å²) >= 11 is 0. The molecule has 3 aromatic rings. The molecule has 2 heterocycles. The lowest BCUT2D eigenvalue weighted by molar-refractivity contribution is -0.133. The van der Waals surface area contributed by atoms with Gasteiger partial charge < -0.3 is 14.6 Å². The molecule has 2 amide bonds. The minimum Gasteiger partial charge on any atom is -0.461 e. The fourth-order valence-corrected chi connectivity index (χ4v) is 3.84. The monoisotopic (exact) mass is 404 g/mol. The van der Waals surface area contributed by atoms with Crippen LogP contribution in [0.4, 0.5) is 10.1 Å². The Morgan fingerprint density at radius 3 is 2.70 bits per heavy atom. The second kappa shape index (κ2) is 7.44. The Morgan fingerprint density at radius 2 is 1.90 bits per heavy atom. The number of rotatable bonds is 4. The van der Waals surface area contributed by atoms with Gasteiger partial charge in [0.05, 0.1) is 0 Å². The number of carbonyl (C=O) groups is 2. The number of anilines is 1. The highest BCUT2D eigenvalue weighted by molar-refractivity contribution is 6.04. The summed E-state index contributed by atoms with van der Waals surface area (Å²) in [5, 5.41) is 2.80. The molecule has 0 saturated heterocycles. The highest BCUT2D eigenvalue weighted by atomic mass is 19.1. The fourth-order valence-electron chi connectivity index (χ4n) is 3.84. The largest absolute Gasteiger partial charge is 0.461 e. The fraction of sp³-hybridized carbons (Fsp3) is 0.250. The molecule has 1 aliphatic heterocycles. The second-order valence-electron chi connectivity index (χ2n) is 7.89. The number of nitrogens with zero attached hydrogens (tertiary/aromatic N) is 1. The minimum absolute atomic E-state index is 0.219. The first-order chi connectivity index (χ1) is 14.6. The summed E-state index contributed by atoms with van der Waals surface area (Å²) in [7, 11) is 0. The average molecular weight is 404 g/mol. The topological polar surface area (TPSA) is 62.6 Å². The molecule has 1 aliphatic carbocycles. The number of furan rings is 1. The van der Waals surface area contributed by atoms with Crippen molar-refractivity contribution in [3.8, 4) is 11.3 Å². The molecule has 0 radical (unpaired) electrons. The number of halogens is 1. The van der Waals surface area contributed by atoms with Crippen LogP contribution in [0.3, 0.4) is 0 Å². The van der Waals surface area contributed by atoms with Crippen molar-refractivity contribution in [2.45, 2.75) is 25.8 Å². The van der Waals surface area contributed by atoms with Gasteiger partial charge in [-0.2, -0.15) is 0 Å². The van der Waals surface area contributed by atoms with E-state index >= 15 is 0 Å². The zero-order valence-corrected chi connectivity index (χ0v) is 16.4. The van der Waals surface area contributed by atoms with E-state index in [1.54, 1.807) is 12.1 Å². The van der Waals surface area contributed by atoms with Gasteiger partial charge in [-0.1, -0.05) is 18.2 Å². The van der Waals surface area contributed by atoms with E-state index in [1.165, 1.54) is 18.2 Å². The van der Waals surface area contributed by atoms with E-state index in [9.17, 15) is 14.0 Å². The third-order valence-electron chi connectivity index (χ3n) is 5.60. The van der Waals surface area contributed by atoms with E-state index in [-0.39, 0.29) is 23.3 Å². The van der Waals surface area contributed by atoms with E-state index in [4.69, 9.17) is 4.42 Å². The van der Waals surface area contributed by atoms with Gasteiger partial charge in [-0.3, -0.25) is 9.59 Å². The van der Waals surface area contributed by atoms with Crippen LogP contribution in [0.5, 0.6) is 0 Å². The van der Waals surface area contributed by atoms with Gasteiger partial charge in [-0.15, -0.1) is 0 Å².